The van der Waals surface area contributed by atoms with Gasteiger partial charge < -0.3 is 14.8 Å². The molecule has 0 unspecified atom stereocenters. The van der Waals surface area contributed by atoms with Gasteiger partial charge in [0.05, 0.1) is 25.0 Å². The molecule has 1 heterocycles. The predicted octanol–water partition coefficient (Wildman–Crippen LogP) is 2.45. The van der Waals surface area contributed by atoms with Crippen molar-refractivity contribution in [1.29, 1.82) is 0 Å². The number of hydrogen-bond acceptors (Lipinski definition) is 4. The van der Waals surface area contributed by atoms with E-state index in [1.54, 1.807) is 0 Å². The first kappa shape index (κ1) is 13.8. The van der Waals surface area contributed by atoms with Gasteiger partial charge in [-0.15, -0.1) is 0 Å². The lowest BCUT2D eigenvalue weighted by atomic mass is 10.0. The van der Waals surface area contributed by atoms with E-state index < -0.39 is 5.97 Å². The zero-order valence-electron chi connectivity index (χ0n) is 10.9. The van der Waals surface area contributed by atoms with Gasteiger partial charge in [0.1, 0.15) is 5.82 Å². The van der Waals surface area contributed by atoms with Gasteiger partial charge >= 0.3 is 5.97 Å². The molecule has 1 saturated heterocycles. The van der Waals surface area contributed by atoms with E-state index in [1.807, 2.05) is 0 Å². The fraction of sp³-hybridized carbons (Fsp3) is 0.500. The minimum absolute atomic E-state index is 0.348. The van der Waals surface area contributed by atoms with E-state index in [2.05, 4.69) is 10.1 Å². The van der Waals surface area contributed by atoms with Crippen molar-refractivity contribution < 1.29 is 18.7 Å². The van der Waals surface area contributed by atoms with E-state index in [-0.39, 0.29) is 5.82 Å². The van der Waals surface area contributed by atoms with Crippen LogP contribution < -0.4 is 5.32 Å². The summed E-state index contributed by atoms with van der Waals surface area (Å²) in [4.78, 5) is 11.6. The van der Waals surface area contributed by atoms with Gasteiger partial charge in [-0.1, -0.05) is 0 Å². The van der Waals surface area contributed by atoms with Crippen LogP contribution in [0.15, 0.2) is 18.2 Å². The molecule has 19 heavy (non-hydrogen) atoms. The number of carbonyl (C=O) groups is 1. The number of rotatable bonds is 4. The molecule has 104 valence electrons. The van der Waals surface area contributed by atoms with Crippen LogP contribution in [0.4, 0.5) is 10.1 Å². The number of hydrogen-bond donors (Lipinski definition) is 1. The highest BCUT2D eigenvalue weighted by Crippen LogP contribution is 2.20. The lowest BCUT2D eigenvalue weighted by molar-refractivity contribution is 0.0592. The largest absolute Gasteiger partial charge is 0.465 e. The molecule has 0 saturated carbocycles. The standard InChI is InChI=1S/C14H18FNO3/c1-18-14(17)12-5-4-11(15)7-13(12)16-8-10-3-2-6-19-9-10/h4-5,7,10,16H,2-3,6,8-9H2,1H3/t10-/m1/s1. The molecule has 1 aromatic rings. The van der Waals surface area contributed by atoms with Gasteiger partial charge in [-0.2, -0.15) is 0 Å². The molecule has 4 nitrogen and oxygen atoms in total. The van der Waals surface area contributed by atoms with Crippen molar-refractivity contribution >= 4 is 11.7 Å². The molecule has 0 amide bonds. The second-order valence-corrected chi connectivity index (χ2v) is 4.65. The van der Waals surface area contributed by atoms with Crippen molar-refractivity contribution in [3.63, 3.8) is 0 Å². The van der Waals surface area contributed by atoms with Gasteiger partial charge in [-0.3, -0.25) is 0 Å². The van der Waals surface area contributed by atoms with E-state index in [1.165, 1.54) is 25.3 Å². The predicted molar refractivity (Wildman–Crippen MR) is 69.8 cm³/mol. The molecule has 1 N–H and O–H groups in total. The summed E-state index contributed by atoms with van der Waals surface area (Å²) in [6, 6.07) is 4.00. The number of nitrogens with one attached hydrogen (secondary N) is 1. The number of methoxy groups -OCH3 is 1. The highest BCUT2D eigenvalue weighted by Gasteiger charge is 2.16. The SMILES string of the molecule is COC(=O)c1ccc(F)cc1NC[C@H]1CCCOC1. The Labute approximate surface area is 111 Å². The van der Waals surface area contributed by atoms with Crippen LogP contribution in [0, 0.1) is 11.7 Å². The maximum Gasteiger partial charge on any atom is 0.339 e. The van der Waals surface area contributed by atoms with Gasteiger partial charge in [0.25, 0.3) is 0 Å². The zero-order chi connectivity index (χ0) is 13.7. The third-order valence-corrected chi connectivity index (χ3v) is 3.22. The summed E-state index contributed by atoms with van der Waals surface area (Å²) in [5, 5.41) is 3.12. The summed E-state index contributed by atoms with van der Waals surface area (Å²) in [5.41, 5.74) is 0.818. The summed E-state index contributed by atoms with van der Waals surface area (Å²) in [7, 11) is 1.31. The van der Waals surface area contributed by atoms with E-state index in [4.69, 9.17) is 4.74 Å². The molecule has 1 aliphatic heterocycles. The maximum atomic E-state index is 13.3. The number of ether oxygens (including phenoxy) is 2. The van der Waals surface area contributed by atoms with E-state index in [9.17, 15) is 9.18 Å². The van der Waals surface area contributed by atoms with Crippen molar-refractivity contribution in [3.8, 4) is 0 Å². The van der Waals surface area contributed by atoms with Gasteiger partial charge in [-0.25, -0.2) is 9.18 Å². The first-order chi connectivity index (χ1) is 9.20. The average Bonchev–Trinajstić information content (AvgIpc) is 2.45. The summed E-state index contributed by atoms with van der Waals surface area (Å²) >= 11 is 0. The molecular weight excluding hydrogens is 249 g/mol. The van der Waals surface area contributed by atoms with Crippen LogP contribution in [-0.2, 0) is 9.47 Å². The van der Waals surface area contributed by atoms with Gasteiger partial charge in [0.15, 0.2) is 0 Å². The lowest BCUT2D eigenvalue weighted by Gasteiger charge is -2.23. The van der Waals surface area contributed by atoms with Gasteiger partial charge in [0, 0.05) is 13.2 Å². The fourth-order valence-electron chi connectivity index (χ4n) is 2.17. The molecule has 1 aliphatic rings. The second kappa shape index (κ2) is 6.52. The molecule has 5 heteroatoms. The maximum absolute atomic E-state index is 13.3. The van der Waals surface area contributed by atoms with E-state index in [0.29, 0.717) is 30.3 Å². The van der Waals surface area contributed by atoms with Crippen molar-refractivity contribution in [1.82, 2.24) is 0 Å². The van der Waals surface area contributed by atoms with E-state index >= 15 is 0 Å². The number of benzene rings is 1. The summed E-state index contributed by atoms with van der Waals surface area (Å²) in [5.74, 6) is -0.458. The third kappa shape index (κ3) is 3.67. The van der Waals surface area contributed by atoms with Crippen LogP contribution in [0.3, 0.4) is 0 Å². The van der Waals surface area contributed by atoms with E-state index in [0.717, 1.165) is 19.4 Å². The normalized spacial score (nSPS) is 18.9. The lowest BCUT2D eigenvalue weighted by Crippen LogP contribution is -2.25. The Hall–Kier alpha value is -1.62. The summed E-state index contributed by atoms with van der Waals surface area (Å²) < 4.78 is 23.3. The van der Waals surface area contributed by atoms with Crippen molar-refractivity contribution in [2.75, 3.05) is 32.2 Å². The van der Waals surface area contributed by atoms with Crippen molar-refractivity contribution in [2.45, 2.75) is 12.8 Å². The summed E-state index contributed by atoms with van der Waals surface area (Å²) in [6.07, 6.45) is 2.12. The molecule has 2 rings (SSSR count). The van der Waals surface area contributed by atoms with Crippen LogP contribution in [0.5, 0.6) is 0 Å². The highest BCUT2D eigenvalue weighted by atomic mass is 19.1. The zero-order valence-corrected chi connectivity index (χ0v) is 10.9. The molecule has 0 spiro atoms. The topological polar surface area (TPSA) is 47.6 Å². The van der Waals surface area contributed by atoms with Crippen molar-refractivity contribution in [2.24, 2.45) is 5.92 Å². The first-order valence-electron chi connectivity index (χ1n) is 6.40. The average molecular weight is 267 g/mol. The Morgan fingerprint density at radius 1 is 1.58 bits per heavy atom. The molecule has 1 aromatic carbocycles. The Balaban J connectivity index is 2.05. The molecule has 0 aliphatic carbocycles. The Bertz CT molecular complexity index is 444. The fourth-order valence-corrected chi connectivity index (χ4v) is 2.17. The minimum atomic E-state index is -0.470. The third-order valence-electron chi connectivity index (χ3n) is 3.22. The monoisotopic (exact) mass is 267 g/mol. The van der Waals surface area contributed by atoms with Gasteiger partial charge in [0.2, 0.25) is 0 Å². The molecule has 0 bridgehead atoms. The Morgan fingerprint density at radius 3 is 3.11 bits per heavy atom. The first-order valence-corrected chi connectivity index (χ1v) is 6.40. The molecule has 1 atom stereocenters. The minimum Gasteiger partial charge on any atom is -0.465 e. The Morgan fingerprint density at radius 2 is 2.42 bits per heavy atom. The molecule has 0 aromatic heterocycles. The van der Waals surface area contributed by atoms with Crippen molar-refractivity contribution in [3.05, 3.63) is 29.6 Å². The smallest absolute Gasteiger partial charge is 0.339 e. The quantitative estimate of drug-likeness (QED) is 0.851. The van der Waals surface area contributed by atoms with Crippen LogP contribution in [0.2, 0.25) is 0 Å². The number of halogens is 1. The van der Waals surface area contributed by atoms with Gasteiger partial charge in [-0.05, 0) is 37.0 Å². The second-order valence-electron chi connectivity index (χ2n) is 4.65. The van der Waals surface area contributed by atoms with Crippen LogP contribution in [-0.4, -0.2) is 32.8 Å². The Kier molecular flexibility index (Phi) is 4.74. The number of anilines is 1. The number of esters is 1. The summed E-state index contributed by atoms with van der Waals surface area (Å²) in [6.45, 7) is 2.17. The van der Waals surface area contributed by atoms with Crippen LogP contribution in [0.1, 0.15) is 23.2 Å². The molecule has 0 radical (unpaired) electrons. The number of carbonyl (C=O) groups excluding carboxylic acids is 1. The molecule has 1 fully saturated rings. The van der Waals surface area contributed by atoms with Crippen LogP contribution >= 0.6 is 0 Å². The highest BCUT2D eigenvalue weighted by molar-refractivity contribution is 5.95. The molecular formula is C14H18FNO3. The van der Waals surface area contributed by atoms with Crippen LogP contribution in [0.25, 0.3) is 0 Å².